The third-order valence-electron chi connectivity index (χ3n) is 4.74. The highest BCUT2D eigenvalue weighted by atomic mass is 32.2. The molecule has 0 aliphatic rings. The quantitative estimate of drug-likeness (QED) is 0.514. The van der Waals surface area contributed by atoms with E-state index in [0.717, 1.165) is 5.56 Å². The van der Waals surface area contributed by atoms with Crippen LogP contribution in [0.4, 0.5) is 0 Å². The van der Waals surface area contributed by atoms with Gasteiger partial charge in [0.15, 0.2) is 16.3 Å². The van der Waals surface area contributed by atoms with Gasteiger partial charge in [-0.1, -0.05) is 30.0 Å². The fraction of sp³-hybridized carbons (Fsp3) is 0.400. The molecule has 10 heteroatoms. The van der Waals surface area contributed by atoms with Crippen LogP contribution in [0.15, 0.2) is 39.0 Å². The molecule has 0 aliphatic heterocycles. The highest BCUT2D eigenvalue weighted by Crippen LogP contribution is 2.26. The Labute approximate surface area is 176 Å². The Morgan fingerprint density at radius 1 is 1.33 bits per heavy atom. The van der Waals surface area contributed by atoms with Crippen LogP contribution >= 0.6 is 11.8 Å². The van der Waals surface area contributed by atoms with Crippen LogP contribution in [-0.2, 0) is 18.4 Å². The van der Waals surface area contributed by atoms with Gasteiger partial charge in [0, 0.05) is 7.05 Å². The number of nitrogens with zero attached hydrogens (tertiary/aromatic N) is 3. The SMILES string of the molecule is CC(=O)[C@H](C)Sc1nc2c(c(=O)[nH]c(=O)n2C)n1C[C@H](O)COc1ccccc1C. The summed E-state index contributed by atoms with van der Waals surface area (Å²) in [5, 5.41) is 10.5. The van der Waals surface area contributed by atoms with E-state index >= 15 is 0 Å². The number of para-hydroxylation sites is 1. The lowest BCUT2D eigenvalue weighted by molar-refractivity contribution is -0.116. The molecule has 2 atom stereocenters. The van der Waals surface area contributed by atoms with E-state index in [1.807, 2.05) is 31.2 Å². The van der Waals surface area contributed by atoms with E-state index in [0.29, 0.717) is 10.9 Å². The Bertz CT molecular complexity index is 1200. The second-order valence-corrected chi connectivity index (χ2v) is 8.40. The molecular formula is C20H24N4O5S. The van der Waals surface area contributed by atoms with Crippen LogP contribution < -0.4 is 16.0 Å². The standard InChI is InChI=1S/C20H24N4O5S/c1-11-7-5-6-8-15(11)29-10-14(26)9-24-16-17(23(4)19(28)22-18(16)27)21-20(24)30-13(3)12(2)25/h5-8,13-14,26H,9-10H2,1-4H3,(H,22,27,28)/t13-,14-/m0/s1. The summed E-state index contributed by atoms with van der Waals surface area (Å²) in [4.78, 5) is 42.8. The number of aromatic nitrogens is 4. The fourth-order valence-electron chi connectivity index (χ4n) is 2.88. The number of aryl methyl sites for hydroxylation is 2. The van der Waals surface area contributed by atoms with E-state index < -0.39 is 22.6 Å². The second kappa shape index (κ2) is 8.88. The van der Waals surface area contributed by atoms with Gasteiger partial charge in [-0.05, 0) is 32.4 Å². The van der Waals surface area contributed by atoms with Gasteiger partial charge in [-0.25, -0.2) is 9.78 Å². The number of ether oxygens (including phenoxy) is 1. The van der Waals surface area contributed by atoms with Crippen LogP contribution in [0.1, 0.15) is 19.4 Å². The lowest BCUT2D eigenvalue weighted by atomic mass is 10.2. The normalized spacial score (nSPS) is 13.4. The number of thioether (sulfide) groups is 1. The minimum absolute atomic E-state index is 0.000560. The molecule has 3 rings (SSSR count). The van der Waals surface area contributed by atoms with E-state index in [9.17, 15) is 19.5 Å². The molecule has 0 bridgehead atoms. The maximum absolute atomic E-state index is 12.5. The number of carbonyl (C=O) groups excluding carboxylic acids is 1. The number of benzene rings is 1. The molecule has 0 aliphatic carbocycles. The lowest BCUT2D eigenvalue weighted by Gasteiger charge is -2.16. The first-order chi connectivity index (χ1) is 14.2. The van der Waals surface area contributed by atoms with Crippen molar-refractivity contribution in [1.29, 1.82) is 0 Å². The molecule has 1 aromatic carbocycles. The molecule has 3 aromatic rings. The van der Waals surface area contributed by atoms with Crippen molar-refractivity contribution in [3.05, 3.63) is 50.7 Å². The summed E-state index contributed by atoms with van der Waals surface area (Å²) in [7, 11) is 1.50. The van der Waals surface area contributed by atoms with E-state index in [2.05, 4.69) is 9.97 Å². The third kappa shape index (κ3) is 4.49. The maximum Gasteiger partial charge on any atom is 0.329 e. The van der Waals surface area contributed by atoms with Gasteiger partial charge in [0.2, 0.25) is 0 Å². The molecular weight excluding hydrogens is 408 g/mol. The summed E-state index contributed by atoms with van der Waals surface area (Å²) < 4.78 is 8.47. The number of aliphatic hydroxyl groups excluding tert-OH is 1. The number of carbonyl (C=O) groups is 1. The van der Waals surface area contributed by atoms with Crippen molar-refractivity contribution in [2.75, 3.05) is 6.61 Å². The largest absolute Gasteiger partial charge is 0.491 e. The molecule has 2 heterocycles. The Kier molecular flexibility index (Phi) is 6.47. The lowest BCUT2D eigenvalue weighted by Crippen LogP contribution is -2.30. The summed E-state index contributed by atoms with van der Waals surface area (Å²) in [6.07, 6.45) is -0.953. The molecule has 0 spiro atoms. The maximum atomic E-state index is 12.5. The average Bonchev–Trinajstić information content (AvgIpc) is 3.04. The zero-order chi connectivity index (χ0) is 22.0. The van der Waals surface area contributed by atoms with E-state index in [-0.39, 0.29) is 30.1 Å². The first-order valence-corrected chi connectivity index (χ1v) is 10.3. The topological polar surface area (TPSA) is 119 Å². The summed E-state index contributed by atoms with van der Waals surface area (Å²) in [6.45, 7) is 5.12. The highest BCUT2D eigenvalue weighted by Gasteiger charge is 2.22. The van der Waals surface area contributed by atoms with E-state index in [1.54, 1.807) is 6.92 Å². The van der Waals surface area contributed by atoms with Gasteiger partial charge in [-0.15, -0.1) is 0 Å². The van der Waals surface area contributed by atoms with E-state index in [4.69, 9.17) is 4.74 Å². The smallest absolute Gasteiger partial charge is 0.329 e. The van der Waals surface area contributed by atoms with Gasteiger partial charge in [0.25, 0.3) is 5.56 Å². The van der Waals surface area contributed by atoms with Gasteiger partial charge >= 0.3 is 5.69 Å². The predicted molar refractivity (Wildman–Crippen MR) is 114 cm³/mol. The number of aromatic amines is 1. The molecule has 2 N–H and O–H groups in total. The summed E-state index contributed by atoms with van der Waals surface area (Å²) in [6, 6.07) is 7.45. The molecule has 160 valence electrons. The monoisotopic (exact) mass is 432 g/mol. The van der Waals surface area contributed by atoms with Gasteiger partial charge in [-0.3, -0.25) is 19.1 Å². The Balaban J connectivity index is 1.95. The number of aliphatic hydroxyl groups is 1. The molecule has 0 saturated heterocycles. The van der Waals surface area contributed by atoms with Crippen molar-refractivity contribution in [2.45, 2.75) is 43.8 Å². The number of H-pyrrole nitrogens is 1. The number of imidazole rings is 1. The molecule has 0 saturated carbocycles. The Morgan fingerprint density at radius 3 is 2.70 bits per heavy atom. The van der Waals surface area contributed by atoms with Crippen LogP contribution in [-0.4, -0.2) is 48.0 Å². The molecule has 0 amide bonds. The first kappa shape index (κ1) is 21.8. The predicted octanol–water partition coefficient (Wildman–Crippen LogP) is 1.24. The molecule has 2 aromatic heterocycles. The number of nitrogens with one attached hydrogen (secondary N) is 1. The average molecular weight is 433 g/mol. The molecule has 0 radical (unpaired) electrons. The zero-order valence-electron chi connectivity index (χ0n) is 17.2. The Morgan fingerprint density at radius 2 is 2.03 bits per heavy atom. The van der Waals surface area contributed by atoms with Crippen LogP contribution in [0, 0.1) is 6.92 Å². The van der Waals surface area contributed by atoms with Crippen LogP contribution in [0.2, 0.25) is 0 Å². The summed E-state index contributed by atoms with van der Waals surface area (Å²) in [5.41, 5.74) is 0.0989. The zero-order valence-corrected chi connectivity index (χ0v) is 18.0. The van der Waals surface area contributed by atoms with Crippen LogP contribution in [0.5, 0.6) is 5.75 Å². The van der Waals surface area contributed by atoms with Gasteiger partial charge in [0.1, 0.15) is 24.2 Å². The number of ketones is 1. The van der Waals surface area contributed by atoms with Crippen LogP contribution in [0.25, 0.3) is 11.2 Å². The van der Waals surface area contributed by atoms with Crippen molar-refractivity contribution in [3.63, 3.8) is 0 Å². The number of Topliss-reactive ketones (excluding diaryl/α,β-unsaturated/α-hetero) is 1. The van der Waals surface area contributed by atoms with Crippen molar-refractivity contribution >= 4 is 28.7 Å². The minimum atomic E-state index is -0.953. The minimum Gasteiger partial charge on any atom is -0.491 e. The highest BCUT2D eigenvalue weighted by molar-refractivity contribution is 8.00. The van der Waals surface area contributed by atoms with E-state index in [1.165, 1.54) is 34.9 Å². The first-order valence-electron chi connectivity index (χ1n) is 9.42. The van der Waals surface area contributed by atoms with Crippen LogP contribution in [0.3, 0.4) is 0 Å². The molecule has 0 unspecified atom stereocenters. The van der Waals surface area contributed by atoms with Gasteiger partial charge in [0.05, 0.1) is 11.8 Å². The molecule has 30 heavy (non-hydrogen) atoms. The second-order valence-electron chi connectivity index (χ2n) is 7.10. The fourth-order valence-corrected chi connectivity index (χ4v) is 3.80. The summed E-state index contributed by atoms with van der Waals surface area (Å²) in [5.74, 6) is 0.608. The molecule has 0 fully saturated rings. The van der Waals surface area contributed by atoms with Crippen molar-refractivity contribution in [2.24, 2.45) is 7.05 Å². The number of fused-ring (bicyclic) bond motifs is 1. The van der Waals surface area contributed by atoms with Gasteiger partial charge < -0.3 is 14.4 Å². The van der Waals surface area contributed by atoms with Gasteiger partial charge in [-0.2, -0.15) is 0 Å². The third-order valence-corrected chi connectivity index (χ3v) is 5.95. The van der Waals surface area contributed by atoms with Crippen molar-refractivity contribution < 1.29 is 14.6 Å². The Hall–Kier alpha value is -2.85. The van der Waals surface area contributed by atoms with Crippen molar-refractivity contribution in [1.82, 2.24) is 19.1 Å². The number of hydrogen-bond donors (Lipinski definition) is 2. The number of rotatable bonds is 8. The molecule has 9 nitrogen and oxygen atoms in total. The number of hydrogen-bond acceptors (Lipinski definition) is 7. The summed E-state index contributed by atoms with van der Waals surface area (Å²) >= 11 is 1.17. The van der Waals surface area contributed by atoms with Crippen molar-refractivity contribution in [3.8, 4) is 5.75 Å².